The summed E-state index contributed by atoms with van der Waals surface area (Å²) in [5, 5.41) is 8.01. The molecule has 0 radical (unpaired) electrons. The summed E-state index contributed by atoms with van der Waals surface area (Å²) in [6, 6.07) is 22.0. The van der Waals surface area contributed by atoms with Crippen molar-refractivity contribution in [3.05, 3.63) is 94.2 Å². The Labute approximate surface area is 202 Å². The van der Waals surface area contributed by atoms with E-state index in [2.05, 4.69) is 27.6 Å². The van der Waals surface area contributed by atoms with Crippen molar-refractivity contribution in [3.8, 4) is 0 Å². The van der Waals surface area contributed by atoms with Crippen molar-refractivity contribution in [2.24, 2.45) is 0 Å². The van der Waals surface area contributed by atoms with E-state index in [0.717, 1.165) is 17.5 Å². The van der Waals surface area contributed by atoms with E-state index in [1.165, 1.54) is 4.88 Å². The predicted molar refractivity (Wildman–Crippen MR) is 134 cm³/mol. The van der Waals surface area contributed by atoms with Gasteiger partial charge in [0.2, 0.25) is 0 Å². The molecule has 172 valence electrons. The second kappa shape index (κ2) is 13.2. The summed E-state index contributed by atoms with van der Waals surface area (Å²) in [7, 11) is 0. The van der Waals surface area contributed by atoms with Crippen LogP contribution in [0.4, 0.5) is 4.79 Å². The first-order chi connectivity index (χ1) is 16.1. The highest BCUT2D eigenvalue weighted by atomic mass is 32.1. The fraction of sp³-hybridized carbons (Fsp3) is 0.208. The summed E-state index contributed by atoms with van der Waals surface area (Å²) in [5.41, 5.74) is 7.02. The summed E-state index contributed by atoms with van der Waals surface area (Å²) in [6.07, 6.45) is 0.457. The third kappa shape index (κ3) is 8.91. The molecule has 0 fully saturated rings. The molecular formula is C24H26N4O3S2. The molecule has 0 aliphatic rings. The first-order valence-corrected chi connectivity index (χ1v) is 11.8. The molecule has 1 heterocycles. The molecule has 0 bridgehead atoms. The Morgan fingerprint density at radius 2 is 1.61 bits per heavy atom. The van der Waals surface area contributed by atoms with Gasteiger partial charge in [0.1, 0.15) is 12.6 Å². The third-order valence-electron chi connectivity index (χ3n) is 4.64. The minimum atomic E-state index is -0.850. The molecule has 33 heavy (non-hydrogen) atoms. The summed E-state index contributed by atoms with van der Waals surface area (Å²) < 4.78 is 5.27. The molecule has 4 N–H and O–H groups in total. The molecule has 1 aromatic heterocycles. The van der Waals surface area contributed by atoms with E-state index in [0.29, 0.717) is 18.1 Å². The first kappa shape index (κ1) is 24.2. The van der Waals surface area contributed by atoms with Crippen LogP contribution in [0.3, 0.4) is 0 Å². The van der Waals surface area contributed by atoms with Gasteiger partial charge < -0.3 is 15.4 Å². The highest BCUT2D eigenvalue weighted by Crippen LogP contribution is 2.08. The van der Waals surface area contributed by atoms with Crippen LogP contribution in [0.2, 0.25) is 0 Å². The number of rotatable bonds is 9. The van der Waals surface area contributed by atoms with E-state index in [-0.39, 0.29) is 6.61 Å². The number of nitrogens with one attached hydrogen (secondary N) is 4. The summed E-state index contributed by atoms with van der Waals surface area (Å²) >= 11 is 6.90. The van der Waals surface area contributed by atoms with E-state index >= 15 is 0 Å². The topological polar surface area (TPSA) is 91.5 Å². The van der Waals surface area contributed by atoms with Crippen molar-refractivity contribution >= 4 is 40.7 Å². The fourth-order valence-electron chi connectivity index (χ4n) is 2.97. The smallest absolute Gasteiger partial charge is 0.408 e. The number of alkyl carbamates (subject to hydrolysis) is 1. The molecule has 2 aromatic carbocycles. The van der Waals surface area contributed by atoms with Crippen LogP contribution in [-0.4, -0.2) is 29.7 Å². The second-order valence-electron chi connectivity index (χ2n) is 7.15. The van der Waals surface area contributed by atoms with E-state index < -0.39 is 18.0 Å². The summed E-state index contributed by atoms with van der Waals surface area (Å²) in [6.45, 7) is 0.753. The zero-order valence-corrected chi connectivity index (χ0v) is 19.6. The molecule has 3 rings (SSSR count). The summed E-state index contributed by atoms with van der Waals surface area (Å²) in [5.74, 6) is -0.432. The maximum atomic E-state index is 12.8. The maximum Gasteiger partial charge on any atom is 0.408 e. The minimum absolute atomic E-state index is 0.114. The van der Waals surface area contributed by atoms with Gasteiger partial charge in [0, 0.05) is 17.8 Å². The van der Waals surface area contributed by atoms with Crippen LogP contribution in [0.1, 0.15) is 16.0 Å². The number of hydrogen-bond donors (Lipinski definition) is 4. The van der Waals surface area contributed by atoms with E-state index in [1.807, 2.05) is 72.1 Å². The van der Waals surface area contributed by atoms with Gasteiger partial charge in [-0.05, 0) is 41.2 Å². The Hall–Kier alpha value is -3.43. The van der Waals surface area contributed by atoms with Gasteiger partial charge in [0.25, 0.3) is 5.91 Å². The van der Waals surface area contributed by atoms with Crippen LogP contribution >= 0.6 is 23.6 Å². The zero-order valence-electron chi connectivity index (χ0n) is 18.0. The zero-order chi connectivity index (χ0) is 23.3. The molecule has 1 unspecified atom stereocenters. The number of benzene rings is 2. The van der Waals surface area contributed by atoms with Gasteiger partial charge in [0.15, 0.2) is 5.11 Å². The van der Waals surface area contributed by atoms with Crippen LogP contribution < -0.4 is 21.5 Å². The lowest BCUT2D eigenvalue weighted by Gasteiger charge is -2.19. The first-order valence-electron chi connectivity index (χ1n) is 10.5. The lowest BCUT2D eigenvalue weighted by Crippen LogP contribution is -2.55. The van der Waals surface area contributed by atoms with Crippen LogP contribution in [-0.2, 0) is 29.0 Å². The molecule has 0 saturated heterocycles. The quantitative estimate of drug-likeness (QED) is 0.276. The lowest BCUT2D eigenvalue weighted by molar-refractivity contribution is -0.123. The van der Waals surface area contributed by atoms with Crippen molar-refractivity contribution in [2.75, 3.05) is 6.54 Å². The largest absolute Gasteiger partial charge is 0.445 e. The predicted octanol–water partition coefficient (Wildman–Crippen LogP) is 3.32. The van der Waals surface area contributed by atoms with E-state index in [4.69, 9.17) is 17.0 Å². The van der Waals surface area contributed by atoms with Crippen LogP contribution in [0.5, 0.6) is 0 Å². The SMILES string of the molecule is O=C(NC(Cc1ccccc1)C(=O)NNC(=S)NCCc1cccs1)OCc1ccccc1. The number of thiophene rings is 1. The van der Waals surface area contributed by atoms with Gasteiger partial charge in [-0.1, -0.05) is 66.7 Å². The average molecular weight is 483 g/mol. The third-order valence-corrected chi connectivity index (χ3v) is 5.82. The standard InChI is InChI=1S/C24H26N4O3S2/c29-22(27-28-23(32)25-14-13-20-12-7-15-33-20)21(16-18-8-3-1-4-9-18)26-24(30)31-17-19-10-5-2-6-11-19/h1-12,15,21H,13-14,16-17H2,(H,26,30)(H,27,29)(H2,25,28,32). The van der Waals surface area contributed by atoms with Crippen molar-refractivity contribution in [1.82, 2.24) is 21.5 Å². The second-order valence-corrected chi connectivity index (χ2v) is 8.59. The normalized spacial score (nSPS) is 11.2. The number of thiocarbonyl (C=S) groups is 1. The number of carbonyl (C=O) groups is 2. The van der Waals surface area contributed by atoms with Crippen LogP contribution in [0.15, 0.2) is 78.2 Å². The number of hydrazine groups is 1. The lowest BCUT2D eigenvalue weighted by atomic mass is 10.1. The van der Waals surface area contributed by atoms with E-state index in [1.54, 1.807) is 11.3 Å². The van der Waals surface area contributed by atoms with Crippen molar-refractivity contribution < 1.29 is 14.3 Å². The Balaban J connectivity index is 1.49. The van der Waals surface area contributed by atoms with Crippen molar-refractivity contribution in [1.29, 1.82) is 0 Å². The Morgan fingerprint density at radius 3 is 2.27 bits per heavy atom. The van der Waals surface area contributed by atoms with Crippen molar-refractivity contribution in [3.63, 3.8) is 0 Å². The summed E-state index contributed by atoms with van der Waals surface area (Å²) in [4.78, 5) is 26.4. The van der Waals surface area contributed by atoms with Gasteiger partial charge >= 0.3 is 6.09 Å². The maximum absolute atomic E-state index is 12.8. The molecule has 3 aromatic rings. The van der Waals surface area contributed by atoms with E-state index in [9.17, 15) is 9.59 Å². The number of ether oxygens (including phenoxy) is 1. The minimum Gasteiger partial charge on any atom is -0.445 e. The highest BCUT2D eigenvalue weighted by Gasteiger charge is 2.22. The average Bonchev–Trinajstić information content (AvgIpc) is 3.36. The van der Waals surface area contributed by atoms with Gasteiger partial charge in [-0.3, -0.25) is 15.6 Å². The van der Waals surface area contributed by atoms with Gasteiger partial charge in [-0.15, -0.1) is 11.3 Å². The molecule has 0 saturated carbocycles. The Morgan fingerprint density at radius 1 is 0.909 bits per heavy atom. The molecule has 1 atom stereocenters. The molecule has 7 nitrogen and oxygen atoms in total. The monoisotopic (exact) mass is 482 g/mol. The number of amides is 2. The molecule has 0 aliphatic carbocycles. The van der Waals surface area contributed by atoms with Crippen molar-refractivity contribution in [2.45, 2.75) is 25.5 Å². The number of hydrogen-bond acceptors (Lipinski definition) is 5. The molecular weight excluding hydrogens is 456 g/mol. The Kier molecular flexibility index (Phi) is 9.68. The van der Waals surface area contributed by atoms with Gasteiger partial charge in [0.05, 0.1) is 0 Å². The molecule has 0 aliphatic heterocycles. The Bertz CT molecular complexity index is 1010. The molecule has 9 heteroatoms. The molecule has 0 spiro atoms. The fourth-order valence-corrected chi connectivity index (χ4v) is 3.83. The van der Waals surface area contributed by atoms with Crippen LogP contribution in [0.25, 0.3) is 0 Å². The highest BCUT2D eigenvalue weighted by molar-refractivity contribution is 7.80. The number of carbonyl (C=O) groups excluding carboxylic acids is 2. The molecule has 2 amide bonds. The van der Waals surface area contributed by atoms with Crippen LogP contribution in [0, 0.1) is 0 Å². The van der Waals surface area contributed by atoms with Gasteiger partial charge in [-0.2, -0.15) is 0 Å². The van der Waals surface area contributed by atoms with Gasteiger partial charge in [-0.25, -0.2) is 4.79 Å².